The molecule has 3 rings (SSSR count). The van der Waals surface area contributed by atoms with Gasteiger partial charge in [0.25, 0.3) is 0 Å². The van der Waals surface area contributed by atoms with Crippen molar-refractivity contribution < 1.29 is 14.0 Å². The van der Waals surface area contributed by atoms with Gasteiger partial charge in [-0.15, -0.1) is 11.3 Å². The molecule has 0 aliphatic rings. The smallest absolute Gasteiger partial charge is 0.181 e. The first-order chi connectivity index (χ1) is 10.3. The van der Waals surface area contributed by atoms with Crippen LogP contribution in [0.25, 0.3) is 21.8 Å². The Labute approximate surface area is 125 Å². The van der Waals surface area contributed by atoms with Crippen molar-refractivity contribution in [3.63, 3.8) is 0 Å². The van der Waals surface area contributed by atoms with E-state index >= 15 is 0 Å². The highest BCUT2D eigenvalue weighted by molar-refractivity contribution is 7.13. The van der Waals surface area contributed by atoms with E-state index in [2.05, 4.69) is 5.16 Å². The van der Waals surface area contributed by atoms with Crippen LogP contribution in [0.1, 0.15) is 0 Å². The van der Waals surface area contributed by atoms with Crippen LogP contribution in [0, 0.1) is 0 Å². The predicted molar refractivity (Wildman–Crippen MR) is 82.8 cm³/mol. The van der Waals surface area contributed by atoms with Crippen LogP contribution in [-0.2, 0) is 0 Å². The van der Waals surface area contributed by atoms with E-state index < -0.39 is 0 Å². The number of nitrogens with two attached hydrogens (primary N) is 1. The number of anilines is 1. The molecule has 2 heterocycles. The van der Waals surface area contributed by atoms with Crippen LogP contribution in [0.3, 0.4) is 0 Å². The molecule has 0 atom stereocenters. The largest absolute Gasteiger partial charge is 0.493 e. The minimum absolute atomic E-state index is 0.359. The van der Waals surface area contributed by atoms with Crippen molar-refractivity contribution in [2.45, 2.75) is 0 Å². The second-order valence-corrected chi connectivity index (χ2v) is 5.24. The molecule has 0 fully saturated rings. The van der Waals surface area contributed by atoms with Gasteiger partial charge in [0, 0.05) is 4.88 Å². The molecule has 2 aromatic heterocycles. The third-order valence-electron chi connectivity index (χ3n) is 3.13. The Morgan fingerprint density at radius 3 is 2.67 bits per heavy atom. The first kappa shape index (κ1) is 13.5. The molecule has 0 saturated carbocycles. The molecule has 5 nitrogen and oxygen atoms in total. The van der Waals surface area contributed by atoms with Crippen LogP contribution in [0.5, 0.6) is 11.5 Å². The SMILES string of the molecule is COc1cccc(-c2onc(N)c2-c2cccs2)c1OC. The van der Waals surface area contributed by atoms with Crippen molar-refractivity contribution in [2.75, 3.05) is 20.0 Å². The van der Waals surface area contributed by atoms with Gasteiger partial charge >= 0.3 is 0 Å². The van der Waals surface area contributed by atoms with E-state index in [1.807, 2.05) is 35.7 Å². The van der Waals surface area contributed by atoms with Crippen LogP contribution in [0.4, 0.5) is 5.82 Å². The molecule has 0 spiro atoms. The van der Waals surface area contributed by atoms with E-state index in [0.717, 1.165) is 16.0 Å². The van der Waals surface area contributed by atoms with E-state index in [0.29, 0.717) is 23.1 Å². The maximum atomic E-state index is 5.96. The monoisotopic (exact) mass is 302 g/mol. The van der Waals surface area contributed by atoms with Crippen LogP contribution in [-0.4, -0.2) is 19.4 Å². The molecule has 0 amide bonds. The number of hydrogen-bond donors (Lipinski definition) is 1. The molecule has 21 heavy (non-hydrogen) atoms. The van der Waals surface area contributed by atoms with Crippen LogP contribution in [0.15, 0.2) is 40.2 Å². The first-order valence-electron chi connectivity index (χ1n) is 6.26. The predicted octanol–water partition coefficient (Wildman–Crippen LogP) is 3.67. The molecule has 0 aliphatic heterocycles. The summed E-state index contributed by atoms with van der Waals surface area (Å²) >= 11 is 1.57. The summed E-state index contributed by atoms with van der Waals surface area (Å²) in [6.45, 7) is 0. The molecular weight excluding hydrogens is 288 g/mol. The number of para-hydroxylation sites is 1. The number of nitrogen functional groups attached to an aromatic ring is 1. The highest BCUT2D eigenvalue weighted by atomic mass is 32.1. The van der Waals surface area contributed by atoms with Gasteiger partial charge in [0.2, 0.25) is 0 Å². The fraction of sp³-hybridized carbons (Fsp3) is 0.133. The Morgan fingerprint density at radius 1 is 1.14 bits per heavy atom. The Balaban J connectivity index is 2.23. The molecule has 0 bridgehead atoms. The molecule has 0 radical (unpaired) electrons. The lowest BCUT2D eigenvalue weighted by Crippen LogP contribution is -1.93. The minimum atomic E-state index is 0.359. The van der Waals surface area contributed by atoms with Gasteiger partial charge in [-0.2, -0.15) is 0 Å². The van der Waals surface area contributed by atoms with Gasteiger partial charge in [-0.1, -0.05) is 17.3 Å². The quantitative estimate of drug-likeness (QED) is 0.796. The van der Waals surface area contributed by atoms with Gasteiger partial charge in [-0.3, -0.25) is 0 Å². The number of benzene rings is 1. The van der Waals surface area contributed by atoms with Crippen molar-refractivity contribution in [1.29, 1.82) is 0 Å². The van der Waals surface area contributed by atoms with E-state index in [-0.39, 0.29) is 0 Å². The molecule has 1 aromatic carbocycles. The zero-order valence-electron chi connectivity index (χ0n) is 11.6. The van der Waals surface area contributed by atoms with Gasteiger partial charge in [0.1, 0.15) is 0 Å². The minimum Gasteiger partial charge on any atom is -0.493 e. The number of aromatic nitrogens is 1. The lowest BCUT2D eigenvalue weighted by molar-refractivity contribution is 0.354. The summed E-state index contributed by atoms with van der Waals surface area (Å²) in [6.07, 6.45) is 0. The normalized spacial score (nSPS) is 10.6. The number of thiophene rings is 1. The summed E-state index contributed by atoms with van der Waals surface area (Å²) in [5.41, 5.74) is 7.49. The number of methoxy groups -OCH3 is 2. The van der Waals surface area contributed by atoms with Gasteiger partial charge < -0.3 is 19.7 Å². The number of rotatable bonds is 4. The molecule has 0 aliphatic carbocycles. The molecule has 3 aromatic rings. The van der Waals surface area contributed by atoms with Crippen LogP contribution in [0.2, 0.25) is 0 Å². The molecule has 0 unspecified atom stereocenters. The van der Waals surface area contributed by atoms with Gasteiger partial charge in [0.15, 0.2) is 23.1 Å². The average molecular weight is 302 g/mol. The third-order valence-corrected chi connectivity index (χ3v) is 4.02. The Kier molecular flexibility index (Phi) is 3.53. The Morgan fingerprint density at radius 2 is 2.00 bits per heavy atom. The zero-order valence-corrected chi connectivity index (χ0v) is 12.4. The summed E-state index contributed by atoms with van der Waals surface area (Å²) in [5.74, 6) is 2.15. The van der Waals surface area contributed by atoms with Gasteiger partial charge in [-0.25, -0.2) is 0 Å². The van der Waals surface area contributed by atoms with E-state index in [1.165, 1.54) is 0 Å². The average Bonchev–Trinajstić information content (AvgIpc) is 3.15. The summed E-state index contributed by atoms with van der Waals surface area (Å²) in [7, 11) is 3.18. The number of ether oxygens (including phenoxy) is 2. The second-order valence-electron chi connectivity index (χ2n) is 4.29. The van der Waals surface area contributed by atoms with E-state index in [1.54, 1.807) is 25.6 Å². The molecule has 6 heteroatoms. The van der Waals surface area contributed by atoms with Crippen molar-refractivity contribution in [1.82, 2.24) is 5.16 Å². The number of nitrogens with zero attached hydrogens (tertiary/aromatic N) is 1. The van der Waals surface area contributed by atoms with E-state index in [4.69, 9.17) is 19.7 Å². The topological polar surface area (TPSA) is 70.5 Å². The fourth-order valence-corrected chi connectivity index (χ4v) is 2.99. The lowest BCUT2D eigenvalue weighted by Gasteiger charge is -2.11. The highest BCUT2D eigenvalue weighted by Gasteiger charge is 2.22. The maximum Gasteiger partial charge on any atom is 0.181 e. The number of hydrogen-bond acceptors (Lipinski definition) is 6. The van der Waals surface area contributed by atoms with Gasteiger partial charge in [-0.05, 0) is 23.6 Å². The van der Waals surface area contributed by atoms with Gasteiger partial charge in [0.05, 0.1) is 25.3 Å². The van der Waals surface area contributed by atoms with Crippen LogP contribution < -0.4 is 15.2 Å². The van der Waals surface area contributed by atoms with Crippen molar-refractivity contribution >= 4 is 17.2 Å². The maximum absolute atomic E-state index is 5.96. The fourth-order valence-electron chi connectivity index (χ4n) is 2.21. The molecular formula is C15H14N2O3S. The lowest BCUT2D eigenvalue weighted by atomic mass is 10.1. The summed E-state index contributed by atoms with van der Waals surface area (Å²) < 4.78 is 16.2. The summed E-state index contributed by atoms with van der Waals surface area (Å²) in [5, 5.41) is 5.87. The second kappa shape index (κ2) is 5.49. The standard InChI is InChI=1S/C15H14N2O3S/c1-18-10-6-3-5-9(13(10)19-2)14-12(15(16)17-20-14)11-7-4-8-21-11/h3-8H,1-2H3,(H2,16,17). The Bertz CT molecular complexity index is 750. The summed E-state index contributed by atoms with van der Waals surface area (Å²) in [6, 6.07) is 9.52. The van der Waals surface area contributed by atoms with Crippen molar-refractivity contribution in [3.8, 4) is 33.3 Å². The van der Waals surface area contributed by atoms with E-state index in [9.17, 15) is 0 Å². The zero-order chi connectivity index (χ0) is 14.8. The molecule has 108 valence electrons. The first-order valence-corrected chi connectivity index (χ1v) is 7.14. The van der Waals surface area contributed by atoms with Crippen LogP contribution >= 0.6 is 11.3 Å². The summed E-state index contributed by atoms with van der Waals surface area (Å²) in [4.78, 5) is 0.994. The van der Waals surface area contributed by atoms with Crippen molar-refractivity contribution in [3.05, 3.63) is 35.7 Å². The third kappa shape index (κ3) is 2.23. The molecule has 2 N–H and O–H groups in total. The molecule has 0 saturated heterocycles. The highest BCUT2D eigenvalue weighted by Crippen LogP contribution is 2.44. The Hall–Kier alpha value is -2.47. The van der Waals surface area contributed by atoms with Crippen molar-refractivity contribution in [2.24, 2.45) is 0 Å².